The third kappa shape index (κ3) is 2.62. The molecule has 0 radical (unpaired) electrons. The normalized spacial score (nSPS) is 22.9. The van der Waals surface area contributed by atoms with Crippen LogP contribution in [0.15, 0.2) is 18.6 Å². The van der Waals surface area contributed by atoms with E-state index in [0.717, 1.165) is 42.9 Å². The molecule has 0 spiro atoms. The van der Waals surface area contributed by atoms with Gasteiger partial charge in [-0.3, -0.25) is 0 Å². The van der Waals surface area contributed by atoms with E-state index in [1.54, 1.807) is 0 Å². The molecule has 4 rings (SSSR count). The van der Waals surface area contributed by atoms with Gasteiger partial charge in [-0.25, -0.2) is 9.97 Å². The zero-order chi connectivity index (χ0) is 14.2. The summed E-state index contributed by atoms with van der Waals surface area (Å²) in [5.74, 6) is 1.80. The Morgan fingerprint density at radius 3 is 3.05 bits per heavy atom. The first kappa shape index (κ1) is 13.1. The Morgan fingerprint density at radius 2 is 2.19 bits per heavy atom. The summed E-state index contributed by atoms with van der Waals surface area (Å²) in [6.07, 6.45) is 9.10. The number of nitrogens with one attached hydrogen (secondary N) is 1. The number of pyridine rings is 1. The van der Waals surface area contributed by atoms with Crippen molar-refractivity contribution in [2.45, 2.75) is 31.7 Å². The van der Waals surface area contributed by atoms with Crippen molar-refractivity contribution in [3.8, 4) is 0 Å². The second kappa shape index (κ2) is 5.30. The zero-order valence-corrected chi connectivity index (χ0v) is 12.6. The standard InChI is InChI=1S/C16H23N5/c1-20-11-19-15-14(20)6-7-17-16(15)21-8-2-3-12(10-21)9-18-13-4-5-13/h6-7,11-13,18H,2-5,8-10H2,1H3. The Kier molecular flexibility index (Phi) is 3.30. The van der Waals surface area contributed by atoms with E-state index in [2.05, 4.69) is 24.8 Å². The average molecular weight is 285 g/mol. The number of aromatic nitrogens is 3. The highest BCUT2D eigenvalue weighted by atomic mass is 15.2. The van der Waals surface area contributed by atoms with Crippen LogP contribution in [-0.4, -0.2) is 40.2 Å². The Bertz CT molecular complexity index is 631. The molecule has 2 aromatic rings. The van der Waals surface area contributed by atoms with Crippen LogP contribution in [-0.2, 0) is 7.05 Å². The fourth-order valence-electron chi connectivity index (χ4n) is 3.32. The van der Waals surface area contributed by atoms with Crippen molar-refractivity contribution >= 4 is 16.9 Å². The number of fused-ring (bicyclic) bond motifs is 1. The number of hydrogen-bond acceptors (Lipinski definition) is 4. The Hall–Kier alpha value is -1.62. The van der Waals surface area contributed by atoms with Crippen molar-refractivity contribution < 1.29 is 0 Å². The van der Waals surface area contributed by atoms with Gasteiger partial charge in [-0.05, 0) is 44.2 Å². The SMILES string of the molecule is Cn1cnc2c(N3CCCC(CNC4CC4)C3)nccc21. The molecule has 21 heavy (non-hydrogen) atoms. The van der Waals surface area contributed by atoms with Crippen molar-refractivity contribution in [1.29, 1.82) is 0 Å². The average Bonchev–Trinajstić information content (AvgIpc) is 3.28. The van der Waals surface area contributed by atoms with Crippen LogP contribution in [0.2, 0.25) is 0 Å². The van der Waals surface area contributed by atoms with Crippen LogP contribution < -0.4 is 10.2 Å². The lowest BCUT2D eigenvalue weighted by Gasteiger charge is -2.33. The Morgan fingerprint density at radius 1 is 1.29 bits per heavy atom. The summed E-state index contributed by atoms with van der Waals surface area (Å²) in [7, 11) is 2.04. The number of anilines is 1. The lowest BCUT2D eigenvalue weighted by Crippen LogP contribution is -2.40. The highest BCUT2D eigenvalue weighted by Crippen LogP contribution is 2.27. The lowest BCUT2D eigenvalue weighted by molar-refractivity contribution is 0.390. The molecule has 1 saturated heterocycles. The van der Waals surface area contributed by atoms with E-state index in [0.29, 0.717) is 0 Å². The monoisotopic (exact) mass is 285 g/mol. The number of rotatable bonds is 4. The summed E-state index contributed by atoms with van der Waals surface area (Å²) in [4.78, 5) is 11.6. The molecule has 2 aliphatic rings. The maximum Gasteiger partial charge on any atom is 0.156 e. The number of aryl methyl sites for hydroxylation is 1. The molecule has 1 unspecified atom stereocenters. The summed E-state index contributed by atoms with van der Waals surface area (Å²) >= 11 is 0. The quantitative estimate of drug-likeness (QED) is 0.932. The molecular weight excluding hydrogens is 262 g/mol. The van der Waals surface area contributed by atoms with Crippen LogP contribution in [0.1, 0.15) is 25.7 Å². The van der Waals surface area contributed by atoms with Gasteiger partial charge < -0.3 is 14.8 Å². The smallest absolute Gasteiger partial charge is 0.156 e. The van der Waals surface area contributed by atoms with Crippen molar-refractivity contribution in [1.82, 2.24) is 19.9 Å². The molecule has 0 bridgehead atoms. The van der Waals surface area contributed by atoms with Crippen LogP contribution in [0.4, 0.5) is 5.82 Å². The first-order valence-corrected chi connectivity index (χ1v) is 8.05. The second-order valence-electron chi connectivity index (χ2n) is 6.49. The highest BCUT2D eigenvalue weighted by molar-refractivity contribution is 5.86. The van der Waals surface area contributed by atoms with Crippen molar-refractivity contribution in [3.63, 3.8) is 0 Å². The van der Waals surface area contributed by atoms with Crippen LogP contribution in [0.25, 0.3) is 11.0 Å². The van der Waals surface area contributed by atoms with Crippen LogP contribution in [0.3, 0.4) is 0 Å². The minimum absolute atomic E-state index is 0.736. The van der Waals surface area contributed by atoms with Gasteiger partial charge in [0.25, 0.3) is 0 Å². The van der Waals surface area contributed by atoms with Gasteiger partial charge >= 0.3 is 0 Å². The van der Waals surface area contributed by atoms with Gasteiger partial charge in [-0.15, -0.1) is 0 Å². The second-order valence-corrected chi connectivity index (χ2v) is 6.49. The first-order chi connectivity index (χ1) is 10.3. The number of imidazole rings is 1. The molecule has 1 N–H and O–H groups in total. The molecule has 5 nitrogen and oxygen atoms in total. The molecule has 2 aromatic heterocycles. The lowest BCUT2D eigenvalue weighted by atomic mass is 9.98. The van der Waals surface area contributed by atoms with E-state index in [1.807, 2.05) is 25.6 Å². The molecule has 2 fully saturated rings. The molecular formula is C16H23N5. The van der Waals surface area contributed by atoms with Gasteiger partial charge in [0.2, 0.25) is 0 Å². The molecule has 112 valence electrons. The van der Waals surface area contributed by atoms with Crippen LogP contribution in [0.5, 0.6) is 0 Å². The van der Waals surface area contributed by atoms with Gasteiger partial charge in [0, 0.05) is 32.4 Å². The highest BCUT2D eigenvalue weighted by Gasteiger charge is 2.26. The molecule has 1 aliphatic carbocycles. The molecule has 5 heteroatoms. The fourth-order valence-corrected chi connectivity index (χ4v) is 3.32. The van der Waals surface area contributed by atoms with E-state index in [1.165, 1.54) is 31.2 Å². The number of piperidine rings is 1. The van der Waals surface area contributed by atoms with Crippen molar-refractivity contribution in [2.75, 3.05) is 24.5 Å². The van der Waals surface area contributed by atoms with E-state index in [-0.39, 0.29) is 0 Å². The van der Waals surface area contributed by atoms with Crippen molar-refractivity contribution in [2.24, 2.45) is 13.0 Å². The first-order valence-electron chi connectivity index (χ1n) is 8.05. The number of nitrogens with zero attached hydrogens (tertiary/aromatic N) is 4. The van der Waals surface area contributed by atoms with Crippen molar-refractivity contribution in [3.05, 3.63) is 18.6 Å². The van der Waals surface area contributed by atoms with Gasteiger partial charge in [-0.1, -0.05) is 0 Å². The van der Waals surface area contributed by atoms with E-state index in [4.69, 9.17) is 0 Å². The Balaban J connectivity index is 1.53. The predicted molar refractivity (Wildman–Crippen MR) is 84.5 cm³/mol. The number of hydrogen-bond donors (Lipinski definition) is 1. The maximum atomic E-state index is 4.62. The third-order valence-electron chi connectivity index (χ3n) is 4.71. The summed E-state index contributed by atoms with van der Waals surface area (Å²) in [5, 5.41) is 3.67. The summed E-state index contributed by atoms with van der Waals surface area (Å²) in [5.41, 5.74) is 2.20. The molecule has 0 aromatic carbocycles. The minimum atomic E-state index is 0.736. The summed E-state index contributed by atoms with van der Waals surface area (Å²) in [6, 6.07) is 2.85. The largest absolute Gasteiger partial charge is 0.354 e. The topological polar surface area (TPSA) is 46.0 Å². The Labute approximate surface area is 125 Å². The zero-order valence-electron chi connectivity index (χ0n) is 12.6. The molecule has 1 saturated carbocycles. The molecule has 3 heterocycles. The third-order valence-corrected chi connectivity index (χ3v) is 4.71. The van der Waals surface area contributed by atoms with Gasteiger partial charge in [0.15, 0.2) is 5.82 Å². The maximum absolute atomic E-state index is 4.62. The fraction of sp³-hybridized carbons (Fsp3) is 0.625. The van der Waals surface area contributed by atoms with Crippen LogP contribution >= 0.6 is 0 Å². The van der Waals surface area contributed by atoms with Gasteiger partial charge in [0.1, 0.15) is 5.52 Å². The molecule has 1 aliphatic heterocycles. The van der Waals surface area contributed by atoms with Gasteiger partial charge in [-0.2, -0.15) is 0 Å². The van der Waals surface area contributed by atoms with Gasteiger partial charge in [0.05, 0.1) is 11.8 Å². The molecule has 1 atom stereocenters. The minimum Gasteiger partial charge on any atom is -0.354 e. The predicted octanol–water partition coefficient (Wildman–Crippen LogP) is 1.94. The van der Waals surface area contributed by atoms with E-state index < -0.39 is 0 Å². The van der Waals surface area contributed by atoms with E-state index in [9.17, 15) is 0 Å². The molecule has 0 amide bonds. The van der Waals surface area contributed by atoms with Crippen LogP contribution in [0, 0.1) is 5.92 Å². The summed E-state index contributed by atoms with van der Waals surface area (Å²) < 4.78 is 2.07. The summed E-state index contributed by atoms with van der Waals surface area (Å²) in [6.45, 7) is 3.35. The van der Waals surface area contributed by atoms with E-state index >= 15 is 0 Å².